The van der Waals surface area contributed by atoms with Gasteiger partial charge in [0.1, 0.15) is 0 Å². The number of amides is 2. The zero-order valence-electron chi connectivity index (χ0n) is 15.8. The average Bonchev–Trinajstić information content (AvgIpc) is 2.88. The van der Waals surface area contributed by atoms with Crippen molar-refractivity contribution in [2.75, 3.05) is 0 Å². The summed E-state index contributed by atoms with van der Waals surface area (Å²) in [6, 6.07) is 9.95. The van der Waals surface area contributed by atoms with Gasteiger partial charge in [0.25, 0.3) is 0 Å². The van der Waals surface area contributed by atoms with Gasteiger partial charge in [-0.05, 0) is 47.7 Å². The minimum Gasteiger partial charge on any atom is -0.277 e. The molecule has 0 bridgehead atoms. The Bertz CT molecular complexity index is 1120. The molecule has 2 atom stereocenters. The van der Waals surface area contributed by atoms with E-state index in [4.69, 9.17) is 11.6 Å². The van der Waals surface area contributed by atoms with Crippen molar-refractivity contribution in [3.8, 4) is 11.1 Å². The smallest absolute Gasteiger partial charge is 0.234 e. The van der Waals surface area contributed by atoms with Crippen molar-refractivity contribution < 1.29 is 9.59 Å². The third-order valence-corrected chi connectivity index (χ3v) is 7.38. The van der Waals surface area contributed by atoms with E-state index in [9.17, 15) is 9.59 Å². The fourth-order valence-electron chi connectivity index (χ4n) is 4.50. The maximum absolute atomic E-state index is 12.6. The van der Waals surface area contributed by atoms with E-state index in [2.05, 4.69) is 11.1 Å². The lowest BCUT2D eigenvalue weighted by Gasteiger charge is -2.19. The zero-order valence-corrected chi connectivity index (χ0v) is 17.4. The summed E-state index contributed by atoms with van der Waals surface area (Å²) in [5.74, 6) is -0.345. The van der Waals surface area contributed by atoms with Crippen molar-refractivity contribution in [1.29, 1.82) is 0 Å². The fraction of sp³-hybridized carbons (Fsp3) is 0.318. The van der Waals surface area contributed by atoms with E-state index in [0.29, 0.717) is 11.6 Å². The van der Waals surface area contributed by atoms with E-state index in [1.54, 1.807) is 17.5 Å². The number of imide groups is 1. The summed E-state index contributed by atoms with van der Waals surface area (Å²) >= 11 is 7.83. The van der Waals surface area contributed by atoms with E-state index >= 15 is 0 Å². The summed E-state index contributed by atoms with van der Waals surface area (Å²) in [5.41, 5.74) is 3.90. The lowest BCUT2D eigenvalue weighted by atomic mass is 10.0. The predicted octanol–water partition coefficient (Wildman–Crippen LogP) is 5.07. The maximum atomic E-state index is 12.6. The number of carbonyl (C=O) groups is 2. The predicted molar refractivity (Wildman–Crippen MR) is 111 cm³/mol. The molecule has 1 aromatic carbocycles. The lowest BCUT2D eigenvalue weighted by Crippen LogP contribution is -2.35. The van der Waals surface area contributed by atoms with Crippen LogP contribution in [-0.2, 0) is 16.1 Å². The van der Waals surface area contributed by atoms with Crippen LogP contribution in [0.2, 0.25) is 5.02 Å². The van der Waals surface area contributed by atoms with Crippen LogP contribution in [0.15, 0.2) is 36.5 Å². The number of aryl methyl sites for hydroxylation is 1. The molecule has 1 aliphatic carbocycles. The minimum absolute atomic E-state index is 0.0314. The molecular weight excluding hydrogens is 392 g/mol. The van der Waals surface area contributed by atoms with Gasteiger partial charge in [-0.15, -0.1) is 11.3 Å². The van der Waals surface area contributed by atoms with Gasteiger partial charge in [0.15, 0.2) is 0 Å². The monoisotopic (exact) mass is 410 g/mol. The standard InChI is InChI=1S/C22H19ClN2O2S/c1-11-6-12(8-13(23)7-11)15-4-5-24-16-9-14(28-19(15)16)10-25-20(26)17-18(21(25)27)22(17,2)3/h4-9,17-18H,10H2,1-3H3. The zero-order chi connectivity index (χ0) is 19.8. The highest BCUT2D eigenvalue weighted by atomic mass is 35.5. The number of thiophene rings is 1. The highest BCUT2D eigenvalue weighted by molar-refractivity contribution is 7.19. The molecule has 2 amide bonds. The molecule has 2 aromatic heterocycles. The SMILES string of the molecule is Cc1cc(Cl)cc(-c2ccnc3cc(CN4C(=O)C5C(C4=O)C5(C)C)sc23)c1. The molecule has 0 spiro atoms. The summed E-state index contributed by atoms with van der Waals surface area (Å²) < 4.78 is 1.05. The van der Waals surface area contributed by atoms with Crippen LogP contribution in [0.25, 0.3) is 21.3 Å². The topological polar surface area (TPSA) is 50.3 Å². The van der Waals surface area contributed by atoms with Crippen LogP contribution in [0, 0.1) is 24.2 Å². The fourth-order valence-corrected chi connectivity index (χ4v) is 5.93. The van der Waals surface area contributed by atoms with Crippen LogP contribution in [-0.4, -0.2) is 21.7 Å². The molecule has 1 saturated carbocycles. The number of benzene rings is 1. The quantitative estimate of drug-likeness (QED) is 0.566. The Labute approximate surface area is 172 Å². The van der Waals surface area contributed by atoms with Gasteiger partial charge < -0.3 is 0 Å². The second kappa shape index (κ2) is 5.88. The number of nitrogens with zero attached hydrogens (tertiary/aromatic N) is 2. The summed E-state index contributed by atoms with van der Waals surface area (Å²) in [6.07, 6.45) is 1.79. The number of hydrogen-bond acceptors (Lipinski definition) is 4. The molecule has 2 fully saturated rings. The number of piperidine rings is 1. The van der Waals surface area contributed by atoms with Crippen LogP contribution < -0.4 is 0 Å². The van der Waals surface area contributed by atoms with E-state index < -0.39 is 0 Å². The Kier molecular flexibility index (Phi) is 3.74. The Morgan fingerprint density at radius 1 is 1.14 bits per heavy atom. The molecule has 2 unspecified atom stereocenters. The molecular formula is C22H19ClN2O2S. The van der Waals surface area contributed by atoms with Crippen LogP contribution in [0.3, 0.4) is 0 Å². The van der Waals surface area contributed by atoms with E-state index in [0.717, 1.165) is 31.8 Å². The number of aromatic nitrogens is 1. The maximum Gasteiger partial charge on any atom is 0.234 e. The normalized spacial score (nSPS) is 22.8. The van der Waals surface area contributed by atoms with Gasteiger partial charge in [0.2, 0.25) is 11.8 Å². The van der Waals surface area contributed by atoms with E-state index in [1.165, 1.54) is 4.90 Å². The van der Waals surface area contributed by atoms with Crippen molar-refractivity contribution in [3.05, 3.63) is 52.0 Å². The number of fused-ring (bicyclic) bond motifs is 2. The van der Waals surface area contributed by atoms with Crippen LogP contribution >= 0.6 is 22.9 Å². The van der Waals surface area contributed by atoms with Gasteiger partial charge in [0, 0.05) is 21.7 Å². The largest absolute Gasteiger partial charge is 0.277 e. The van der Waals surface area contributed by atoms with Crippen molar-refractivity contribution in [2.24, 2.45) is 17.3 Å². The van der Waals surface area contributed by atoms with Crippen molar-refractivity contribution in [1.82, 2.24) is 9.88 Å². The molecule has 3 heterocycles. The van der Waals surface area contributed by atoms with Crippen molar-refractivity contribution in [3.63, 3.8) is 0 Å². The van der Waals surface area contributed by atoms with E-state index in [1.807, 2.05) is 45.0 Å². The third kappa shape index (κ3) is 2.53. The Morgan fingerprint density at radius 3 is 2.54 bits per heavy atom. The first-order valence-electron chi connectivity index (χ1n) is 9.27. The average molecular weight is 411 g/mol. The number of hydrogen-bond donors (Lipinski definition) is 0. The highest BCUT2D eigenvalue weighted by Gasteiger charge is 2.72. The van der Waals surface area contributed by atoms with Gasteiger partial charge in [-0.2, -0.15) is 0 Å². The molecule has 1 aliphatic heterocycles. The number of pyridine rings is 1. The van der Waals surface area contributed by atoms with Gasteiger partial charge >= 0.3 is 0 Å². The molecule has 2 aliphatic rings. The Balaban J connectivity index is 1.50. The summed E-state index contributed by atoms with van der Waals surface area (Å²) in [7, 11) is 0. The number of likely N-dealkylation sites (tertiary alicyclic amines) is 1. The second-order valence-corrected chi connectivity index (χ2v) is 9.92. The van der Waals surface area contributed by atoms with Crippen LogP contribution in [0.1, 0.15) is 24.3 Å². The van der Waals surface area contributed by atoms with Gasteiger partial charge in [-0.3, -0.25) is 19.5 Å². The first-order chi connectivity index (χ1) is 13.3. The molecule has 5 rings (SSSR count). The van der Waals surface area contributed by atoms with Crippen LogP contribution in [0.5, 0.6) is 0 Å². The number of rotatable bonds is 3. The van der Waals surface area contributed by atoms with E-state index in [-0.39, 0.29) is 29.1 Å². The number of carbonyl (C=O) groups excluding carboxylic acids is 2. The van der Waals surface area contributed by atoms with Crippen LogP contribution in [0.4, 0.5) is 0 Å². The van der Waals surface area contributed by atoms with Gasteiger partial charge in [-0.1, -0.05) is 31.5 Å². The molecule has 1 saturated heterocycles. The molecule has 3 aromatic rings. The van der Waals surface area contributed by atoms with Gasteiger partial charge in [0.05, 0.1) is 28.6 Å². The third-order valence-electron chi connectivity index (χ3n) is 6.02. The lowest BCUT2D eigenvalue weighted by molar-refractivity contribution is -0.143. The minimum atomic E-state index is -0.177. The first kappa shape index (κ1) is 17.8. The molecule has 28 heavy (non-hydrogen) atoms. The summed E-state index contributed by atoms with van der Waals surface area (Å²) in [6.45, 7) is 6.34. The summed E-state index contributed by atoms with van der Waals surface area (Å²) in [4.78, 5) is 32.1. The van der Waals surface area contributed by atoms with Crippen molar-refractivity contribution in [2.45, 2.75) is 27.3 Å². The molecule has 142 valence electrons. The Hall–Kier alpha value is -2.24. The first-order valence-corrected chi connectivity index (χ1v) is 10.5. The van der Waals surface area contributed by atoms with Gasteiger partial charge in [-0.25, -0.2) is 0 Å². The molecule has 0 radical (unpaired) electrons. The molecule has 4 nitrogen and oxygen atoms in total. The summed E-state index contributed by atoms with van der Waals surface area (Å²) in [5, 5.41) is 0.701. The van der Waals surface area contributed by atoms with Crippen molar-refractivity contribution >= 4 is 45.0 Å². The number of halogens is 1. The Morgan fingerprint density at radius 2 is 1.86 bits per heavy atom. The molecule has 6 heteroatoms. The second-order valence-electron chi connectivity index (χ2n) is 8.34. The highest BCUT2D eigenvalue weighted by Crippen LogP contribution is 2.63. The molecule has 0 N–H and O–H groups in total.